The van der Waals surface area contributed by atoms with Crippen LogP contribution in [0.1, 0.15) is 0 Å². The van der Waals surface area contributed by atoms with Crippen LogP contribution >= 0.6 is 11.3 Å². The minimum Gasteiger partial charge on any atom is -0.301 e. The molecule has 0 saturated heterocycles. The first-order chi connectivity index (χ1) is 23.8. The van der Waals surface area contributed by atoms with Gasteiger partial charge >= 0.3 is 0 Å². The van der Waals surface area contributed by atoms with Crippen LogP contribution in [0.2, 0.25) is 0 Å². The van der Waals surface area contributed by atoms with E-state index in [0.29, 0.717) is 0 Å². The minimum absolute atomic E-state index is 1.20. The van der Waals surface area contributed by atoms with Gasteiger partial charge in [0.15, 0.2) is 0 Å². The molecule has 224 valence electrons. The van der Waals surface area contributed by atoms with Crippen LogP contribution in [0.5, 0.6) is 0 Å². The lowest BCUT2D eigenvalue weighted by Crippen LogP contribution is -1.91. The molecule has 0 radical (unpaired) electrons. The number of fused-ring (bicyclic) bond motifs is 7. The highest BCUT2D eigenvalue weighted by molar-refractivity contribution is 7.25. The normalized spacial score (nSPS) is 11.8. The molecule has 0 amide bonds. The van der Waals surface area contributed by atoms with Crippen LogP contribution in [0, 0.1) is 0 Å². The molecule has 0 bridgehead atoms. The summed E-state index contributed by atoms with van der Waals surface area (Å²) in [6.07, 6.45) is 0. The van der Waals surface area contributed by atoms with E-state index in [1.165, 1.54) is 91.8 Å². The molecule has 2 heterocycles. The van der Waals surface area contributed by atoms with Crippen molar-refractivity contribution in [2.24, 2.45) is 0 Å². The van der Waals surface area contributed by atoms with Gasteiger partial charge in [-0.05, 0) is 79.2 Å². The number of nitrogens with zero attached hydrogens (tertiary/aromatic N) is 1. The molecule has 10 aromatic rings. The second kappa shape index (κ2) is 10.8. The first-order valence-corrected chi connectivity index (χ1v) is 17.3. The molecule has 1 nitrogen and oxygen atoms in total. The second-order valence-electron chi connectivity index (χ2n) is 12.5. The van der Waals surface area contributed by atoms with E-state index in [1.807, 2.05) is 11.3 Å². The fraction of sp³-hybridized carbons (Fsp3) is 0. The largest absolute Gasteiger partial charge is 0.301 e. The van der Waals surface area contributed by atoms with Crippen molar-refractivity contribution in [3.05, 3.63) is 176 Å². The molecule has 48 heavy (non-hydrogen) atoms. The summed E-state index contributed by atoms with van der Waals surface area (Å²) in [5, 5.41) is 9.08. The van der Waals surface area contributed by atoms with Crippen molar-refractivity contribution in [1.29, 1.82) is 0 Å². The Bertz CT molecular complexity index is 2750. The van der Waals surface area contributed by atoms with Gasteiger partial charge in [0.25, 0.3) is 0 Å². The van der Waals surface area contributed by atoms with E-state index < -0.39 is 0 Å². The summed E-state index contributed by atoms with van der Waals surface area (Å²) in [5.41, 5.74) is 9.98. The Hall–Kier alpha value is -5.96. The van der Waals surface area contributed by atoms with Gasteiger partial charge in [-0.3, -0.25) is 0 Å². The molecule has 0 N–H and O–H groups in total. The van der Waals surface area contributed by atoms with Crippen molar-refractivity contribution >= 4 is 64.1 Å². The van der Waals surface area contributed by atoms with Gasteiger partial charge in [0, 0.05) is 26.5 Å². The Labute approximate surface area is 282 Å². The summed E-state index contributed by atoms with van der Waals surface area (Å²) in [4.78, 5) is 1.29. The predicted octanol–water partition coefficient (Wildman–Crippen LogP) is 13.3. The van der Waals surface area contributed by atoms with Crippen molar-refractivity contribution in [3.63, 3.8) is 0 Å². The fourth-order valence-electron chi connectivity index (χ4n) is 7.69. The number of hydrogen-bond donors (Lipinski definition) is 0. The van der Waals surface area contributed by atoms with E-state index in [1.54, 1.807) is 0 Å². The summed E-state index contributed by atoms with van der Waals surface area (Å²) in [6, 6.07) is 64.2. The third kappa shape index (κ3) is 4.10. The van der Waals surface area contributed by atoms with E-state index >= 15 is 0 Å². The Morgan fingerprint density at radius 1 is 0.354 bits per heavy atom. The van der Waals surface area contributed by atoms with Crippen molar-refractivity contribution < 1.29 is 0 Å². The maximum Gasteiger partial charge on any atom is 0.109 e. The van der Waals surface area contributed by atoms with Gasteiger partial charge in [-0.15, -0.1) is 11.3 Å². The highest BCUT2D eigenvalue weighted by Gasteiger charge is 2.19. The van der Waals surface area contributed by atoms with Gasteiger partial charge in [-0.25, -0.2) is 0 Å². The first kappa shape index (κ1) is 27.2. The number of para-hydroxylation sites is 2. The van der Waals surface area contributed by atoms with Crippen LogP contribution < -0.4 is 0 Å². The third-order valence-electron chi connectivity index (χ3n) is 9.80. The molecule has 2 aromatic heterocycles. The van der Waals surface area contributed by atoms with Crippen molar-refractivity contribution in [3.8, 4) is 39.1 Å². The Kier molecular flexibility index (Phi) is 6.12. The van der Waals surface area contributed by atoms with Gasteiger partial charge in [-0.1, -0.05) is 152 Å². The summed E-state index contributed by atoms with van der Waals surface area (Å²) in [6.45, 7) is 0. The number of hydrogen-bond acceptors (Lipinski definition) is 1. The van der Waals surface area contributed by atoms with Gasteiger partial charge in [0.1, 0.15) is 4.83 Å². The lowest BCUT2D eigenvalue weighted by Gasteiger charge is -2.18. The van der Waals surface area contributed by atoms with Crippen molar-refractivity contribution in [1.82, 2.24) is 4.57 Å². The van der Waals surface area contributed by atoms with Gasteiger partial charge in [-0.2, -0.15) is 0 Å². The average molecular weight is 628 g/mol. The molecule has 8 aromatic carbocycles. The Morgan fingerprint density at radius 3 is 1.46 bits per heavy atom. The van der Waals surface area contributed by atoms with Gasteiger partial charge < -0.3 is 4.57 Å². The molecular formula is C46H29NS. The number of thiophene rings is 1. The highest BCUT2D eigenvalue weighted by atomic mass is 32.1. The van der Waals surface area contributed by atoms with Crippen LogP contribution in [0.15, 0.2) is 176 Å². The molecule has 2 heteroatoms. The smallest absolute Gasteiger partial charge is 0.109 e. The minimum atomic E-state index is 1.20. The van der Waals surface area contributed by atoms with E-state index in [-0.39, 0.29) is 0 Å². The molecule has 0 atom stereocenters. The lowest BCUT2D eigenvalue weighted by atomic mass is 9.86. The van der Waals surface area contributed by atoms with Crippen LogP contribution in [0.4, 0.5) is 0 Å². The van der Waals surface area contributed by atoms with Crippen LogP contribution in [0.3, 0.4) is 0 Å². The monoisotopic (exact) mass is 627 g/mol. The maximum atomic E-state index is 2.42. The van der Waals surface area contributed by atoms with Crippen LogP contribution in [0.25, 0.3) is 91.8 Å². The summed E-state index contributed by atoms with van der Waals surface area (Å²) in [5.74, 6) is 0. The highest BCUT2D eigenvalue weighted by Crippen LogP contribution is 2.45. The molecule has 0 unspecified atom stereocenters. The topological polar surface area (TPSA) is 4.93 Å². The van der Waals surface area contributed by atoms with E-state index in [2.05, 4.69) is 180 Å². The Morgan fingerprint density at radius 2 is 0.833 bits per heavy atom. The van der Waals surface area contributed by atoms with Crippen LogP contribution in [-0.4, -0.2) is 4.57 Å². The summed E-state index contributed by atoms with van der Waals surface area (Å²) >= 11 is 1.88. The lowest BCUT2D eigenvalue weighted by molar-refractivity contribution is 1.19. The molecule has 0 fully saturated rings. The number of benzene rings is 8. The van der Waals surface area contributed by atoms with E-state index in [0.717, 1.165) is 0 Å². The quantitative estimate of drug-likeness (QED) is 0.171. The zero-order chi connectivity index (χ0) is 31.6. The standard InChI is InChI=1S/C46H29NS/c1-3-13-31(14-4-1)43-35-17-7-9-19-37(35)44(38-20-10-8-18-36(38)43)32-25-23-30(24-26-32)33-27-28-40-42(29-33)48-46-45(40)39-21-11-12-22-41(39)47(46)34-15-5-2-6-16-34/h1-29H. The SMILES string of the molecule is c1ccc(-c2c3ccccc3c(-c3ccc(-c4ccc5c(c4)sc4c5c5ccccc5n4-c4ccccc4)cc3)c3ccccc23)cc1. The van der Waals surface area contributed by atoms with E-state index in [4.69, 9.17) is 0 Å². The molecule has 0 aliphatic carbocycles. The van der Waals surface area contributed by atoms with Crippen molar-refractivity contribution in [2.75, 3.05) is 0 Å². The van der Waals surface area contributed by atoms with Gasteiger partial charge in [0.05, 0.1) is 5.52 Å². The molecule has 0 aliphatic heterocycles. The second-order valence-corrected chi connectivity index (χ2v) is 13.5. The zero-order valence-electron chi connectivity index (χ0n) is 26.1. The fourth-order valence-corrected chi connectivity index (χ4v) is 8.98. The molecule has 0 saturated carbocycles. The Balaban J connectivity index is 1.12. The molecular weight excluding hydrogens is 599 g/mol. The van der Waals surface area contributed by atoms with E-state index in [9.17, 15) is 0 Å². The summed E-state index contributed by atoms with van der Waals surface area (Å²) < 4.78 is 3.73. The first-order valence-electron chi connectivity index (χ1n) is 16.4. The van der Waals surface area contributed by atoms with Crippen molar-refractivity contribution in [2.45, 2.75) is 0 Å². The number of aromatic nitrogens is 1. The maximum absolute atomic E-state index is 2.42. The average Bonchev–Trinajstić information content (AvgIpc) is 3.68. The predicted molar refractivity (Wildman–Crippen MR) is 207 cm³/mol. The molecule has 0 spiro atoms. The molecule has 10 rings (SSSR count). The number of rotatable bonds is 4. The van der Waals surface area contributed by atoms with Crippen LogP contribution in [-0.2, 0) is 0 Å². The zero-order valence-corrected chi connectivity index (χ0v) is 26.9. The summed E-state index contributed by atoms with van der Waals surface area (Å²) in [7, 11) is 0. The molecule has 0 aliphatic rings. The third-order valence-corrected chi connectivity index (χ3v) is 10.9. The van der Waals surface area contributed by atoms with Gasteiger partial charge in [0.2, 0.25) is 0 Å².